The Morgan fingerprint density at radius 3 is 2.54 bits per heavy atom. The van der Waals surface area contributed by atoms with Crippen LogP contribution in [0.25, 0.3) is 0 Å². The third-order valence-corrected chi connectivity index (χ3v) is 6.74. The molecule has 0 atom stereocenters. The Morgan fingerprint density at radius 2 is 1.92 bits per heavy atom. The number of amides is 3. The van der Waals surface area contributed by atoms with Crippen molar-refractivity contribution in [2.24, 2.45) is 0 Å². The number of benzene rings is 1. The fourth-order valence-electron chi connectivity index (χ4n) is 3.42. The number of urea groups is 1. The molecule has 5 nitrogen and oxygen atoms in total. The van der Waals surface area contributed by atoms with Crippen LogP contribution in [0.4, 0.5) is 4.79 Å². The van der Waals surface area contributed by atoms with Gasteiger partial charge in [0, 0.05) is 49.5 Å². The van der Waals surface area contributed by atoms with Crippen molar-refractivity contribution in [2.45, 2.75) is 17.7 Å². The van der Waals surface area contributed by atoms with E-state index in [-0.39, 0.29) is 16.8 Å². The van der Waals surface area contributed by atoms with Gasteiger partial charge < -0.3 is 14.7 Å². The number of carbonyl (C=O) groups is 2. The van der Waals surface area contributed by atoms with Crippen molar-refractivity contribution in [3.8, 4) is 0 Å². The molecule has 0 radical (unpaired) electrons. The summed E-state index contributed by atoms with van der Waals surface area (Å²) < 4.78 is 0.917. The molecule has 3 rings (SSSR count). The van der Waals surface area contributed by atoms with Crippen molar-refractivity contribution in [3.63, 3.8) is 0 Å². The first-order valence-electron chi connectivity index (χ1n) is 8.11. The minimum absolute atomic E-state index is 0.0534. The average Bonchev–Trinajstić information content (AvgIpc) is 2.97. The van der Waals surface area contributed by atoms with Gasteiger partial charge >= 0.3 is 6.03 Å². The molecule has 1 aromatic rings. The molecule has 7 heteroatoms. The van der Waals surface area contributed by atoms with Gasteiger partial charge in [0.2, 0.25) is 0 Å². The van der Waals surface area contributed by atoms with Crippen LogP contribution in [0.5, 0.6) is 0 Å². The third kappa shape index (κ3) is 3.28. The molecular weight excluding hydrogens is 390 g/mol. The van der Waals surface area contributed by atoms with Crippen molar-refractivity contribution >= 4 is 39.6 Å². The molecule has 2 heterocycles. The van der Waals surface area contributed by atoms with Crippen molar-refractivity contribution in [3.05, 3.63) is 34.3 Å². The second-order valence-corrected chi connectivity index (χ2v) is 8.80. The van der Waals surface area contributed by atoms with E-state index >= 15 is 0 Å². The van der Waals surface area contributed by atoms with Crippen LogP contribution in [-0.2, 0) is 0 Å². The predicted molar refractivity (Wildman–Crippen MR) is 100 cm³/mol. The van der Waals surface area contributed by atoms with Crippen molar-refractivity contribution in [1.82, 2.24) is 14.7 Å². The molecule has 1 spiro atoms. The lowest BCUT2D eigenvalue weighted by Crippen LogP contribution is -2.54. The summed E-state index contributed by atoms with van der Waals surface area (Å²) in [5, 5.41) is 0. The highest BCUT2D eigenvalue weighted by Gasteiger charge is 2.47. The standard InChI is InChI=1S/C17H22BrN3O2S/c1-19(2)16(23)20-8-6-17(7-9-20)21(10-11-24-17)15(22)13-4-3-5-14(18)12-13/h3-5,12H,6-11H2,1-2H3. The molecule has 0 bridgehead atoms. The number of carbonyl (C=O) groups excluding carboxylic acids is 2. The normalized spacial score (nSPS) is 19.6. The van der Waals surface area contributed by atoms with Gasteiger partial charge in [0.25, 0.3) is 5.91 Å². The van der Waals surface area contributed by atoms with Gasteiger partial charge in [-0.1, -0.05) is 22.0 Å². The lowest BCUT2D eigenvalue weighted by Gasteiger charge is -2.44. The number of hydrogen-bond acceptors (Lipinski definition) is 3. The molecule has 1 aromatic carbocycles. The highest BCUT2D eigenvalue weighted by molar-refractivity contribution is 9.10. The van der Waals surface area contributed by atoms with Crippen LogP contribution in [-0.4, -0.2) is 71.0 Å². The van der Waals surface area contributed by atoms with Gasteiger partial charge in [-0.15, -0.1) is 11.8 Å². The third-order valence-electron chi connectivity index (χ3n) is 4.69. The Labute approximate surface area is 155 Å². The van der Waals surface area contributed by atoms with Crippen LogP contribution in [0.1, 0.15) is 23.2 Å². The van der Waals surface area contributed by atoms with E-state index in [1.54, 1.807) is 19.0 Å². The molecule has 3 amide bonds. The van der Waals surface area contributed by atoms with E-state index in [4.69, 9.17) is 0 Å². The number of rotatable bonds is 1. The van der Waals surface area contributed by atoms with E-state index in [0.29, 0.717) is 13.1 Å². The monoisotopic (exact) mass is 411 g/mol. The van der Waals surface area contributed by atoms with E-state index < -0.39 is 0 Å². The van der Waals surface area contributed by atoms with Gasteiger partial charge in [-0.25, -0.2) is 4.79 Å². The number of thioether (sulfide) groups is 1. The summed E-state index contributed by atoms with van der Waals surface area (Å²) >= 11 is 5.30. The largest absolute Gasteiger partial charge is 0.331 e. The summed E-state index contributed by atoms with van der Waals surface area (Å²) in [5.74, 6) is 1.05. The fraction of sp³-hybridized carbons (Fsp3) is 0.529. The Hall–Kier alpha value is -1.21. The first kappa shape index (κ1) is 17.6. The van der Waals surface area contributed by atoms with Crippen LogP contribution in [0, 0.1) is 0 Å². The number of piperidine rings is 1. The lowest BCUT2D eigenvalue weighted by molar-refractivity contribution is 0.0569. The van der Waals surface area contributed by atoms with Gasteiger partial charge in [-0.2, -0.15) is 0 Å². The molecule has 0 saturated carbocycles. The number of halogens is 1. The molecule has 0 unspecified atom stereocenters. The van der Waals surface area contributed by atoms with Crippen LogP contribution in [0.3, 0.4) is 0 Å². The minimum atomic E-state index is -0.164. The maximum absolute atomic E-state index is 13.0. The van der Waals surface area contributed by atoms with Gasteiger partial charge in [0.15, 0.2) is 0 Å². The maximum atomic E-state index is 13.0. The Morgan fingerprint density at radius 1 is 1.21 bits per heavy atom. The van der Waals surface area contributed by atoms with Gasteiger partial charge in [0.05, 0.1) is 4.87 Å². The lowest BCUT2D eigenvalue weighted by atomic mass is 10.0. The quantitative estimate of drug-likeness (QED) is 0.712. The Kier molecular flexibility index (Phi) is 5.11. The van der Waals surface area contributed by atoms with E-state index in [1.165, 1.54) is 0 Å². The van der Waals surface area contributed by atoms with Crippen LogP contribution in [0.15, 0.2) is 28.7 Å². The first-order chi connectivity index (χ1) is 11.4. The molecule has 2 aliphatic rings. The van der Waals surface area contributed by atoms with Gasteiger partial charge in [-0.05, 0) is 31.0 Å². The summed E-state index contributed by atoms with van der Waals surface area (Å²) in [6.07, 6.45) is 1.66. The molecule has 0 N–H and O–H groups in total. The molecule has 2 aliphatic heterocycles. The molecule has 0 aromatic heterocycles. The highest BCUT2D eigenvalue weighted by atomic mass is 79.9. The van der Waals surface area contributed by atoms with Crippen LogP contribution in [0.2, 0.25) is 0 Å². The first-order valence-corrected chi connectivity index (χ1v) is 9.88. The number of hydrogen-bond donors (Lipinski definition) is 0. The van der Waals surface area contributed by atoms with E-state index in [9.17, 15) is 9.59 Å². The molecular formula is C17H22BrN3O2S. The summed E-state index contributed by atoms with van der Waals surface area (Å²) in [6.45, 7) is 2.18. The zero-order valence-electron chi connectivity index (χ0n) is 14.0. The zero-order chi connectivity index (χ0) is 17.3. The molecule has 2 fully saturated rings. The van der Waals surface area contributed by atoms with Crippen molar-refractivity contribution < 1.29 is 9.59 Å². The van der Waals surface area contributed by atoms with E-state index in [0.717, 1.165) is 35.2 Å². The van der Waals surface area contributed by atoms with Crippen molar-refractivity contribution in [1.29, 1.82) is 0 Å². The molecule has 2 saturated heterocycles. The summed E-state index contributed by atoms with van der Waals surface area (Å²) in [4.78, 5) is 30.5. The number of likely N-dealkylation sites (tertiary alicyclic amines) is 1. The Balaban J connectivity index is 1.74. The molecule has 0 aliphatic carbocycles. The van der Waals surface area contributed by atoms with Crippen LogP contribution >= 0.6 is 27.7 Å². The maximum Gasteiger partial charge on any atom is 0.319 e. The van der Waals surface area contributed by atoms with E-state index in [2.05, 4.69) is 15.9 Å². The summed E-state index contributed by atoms with van der Waals surface area (Å²) in [6, 6.07) is 7.62. The minimum Gasteiger partial charge on any atom is -0.331 e. The van der Waals surface area contributed by atoms with Crippen LogP contribution < -0.4 is 0 Å². The summed E-state index contributed by atoms with van der Waals surface area (Å²) in [7, 11) is 3.56. The summed E-state index contributed by atoms with van der Waals surface area (Å²) in [5.41, 5.74) is 0.720. The van der Waals surface area contributed by atoms with E-state index in [1.807, 2.05) is 45.8 Å². The smallest absolute Gasteiger partial charge is 0.319 e. The highest BCUT2D eigenvalue weighted by Crippen LogP contribution is 2.44. The number of nitrogens with zero attached hydrogens (tertiary/aromatic N) is 3. The fourth-order valence-corrected chi connectivity index (χ4v) is 5.27. The average molecular weight is 412 g/mol. The molecule has 130 valence electrons. The SMILES string of the molecule is CN(C)C(=O)N1CCC2(CC1)SCCN2C(=O)c1cccc(Br)c1. The second kappa shape index (κ2) is 6.96. The predicted octanol–water partition coefficient (Wildman–Crippen LogP) is 3.11. The molecule has 24 heavy (non-hydrogen) atoms. The Bertz CT molecular complexity index is 644. The zero-order valence-corrected chi connectivity index (χ0v) is 16.4. The van der Waals surface area contributed by atoms with Gasteiger partial charge in [-0.3, -0.25) is 4.79 Å². The second-order valence-electron chi connectivity index (χ2n) is 6.43. The van der Waals surface area contributed by atoms with Gasteiger partial charge in [0.1, 0.15) is 0 Å². The van der Waals surface area contributed by atoms with Crippen molar-refractivity contribution in [2.75, 3.05) is 39.5 Å². The topological polar surface area (TPSA) is 43.9 Å².